The van der Waals surface area contributed by atoms with E-state index in [2.05, 4.69) is 5.32 Å². The van der Waals surface area contributed by atoms with Gasteiger partial charge in [-0.15, -0.1) is 0 Å². The van der Waals surface area contributed by atoms with Crippen molar-refractivity contribution >= 4 is 26.7 Å². The Bertz CT molecular complexity index is 887. The third kappa shape index (κ3) is 4.87. The number of amides is 1. The second-order valence-corrected chi connectivity index (χ2v) is 9.13. The smallest absolute Gasteiger partial charge is 0.243 e. The van der Waals surface area contributed by atoms with Gasteiger partial charge in [-0.05, 0) is 35.7 Å². The van der Waals surface area contributed by atoms with Crippen LogP contribution in [0.25, 0.3) is 10.8 Å². The Balaban J connectivity index is 1.73. The summed E-state index contributed by atoms with van der Waals surface area (Å²) >= 11 is 0. The average Bonchev–Trinajstić information content (AvgIpc) is 2.94. The minimum absolute atomic E-state index is 0.137. The second-order valence-electron chi connectivity index (χ2n) is 7.20. The molecule has 0 unspecified atom stereocenters. The third-order valence-corrected chi connectivity index (χ3v) is 7.17. The van der Waals surface area contributed by atoms with Gasteiger partial charge in [0.05, 0.1) is 11.4 Å². The van der Waals surface area contributed by atoms with Crippen molar-refractivity contribution in [1.29, 1.82) is 0 Å². The average molecular weight is 389 g/mol. The largest absolute Gasteiger partial charge is 0.352 e. The van der Waals surface area contributed by atoms with E-state index < -0.39 is 10.0 Å². The number of sulfonamides is 1. The van der Waals surface area contributed by atoms with E-state index in [1.54, 1.807) is 19.1 Å². The molecule has 0 radical (unpaired) electrons. The molecule has 5 nitrogen and oxygen atoms in total. The molecule has 2 aromatic rings. The van der Waals surface area contributed by atoms with Gasteiger partial charge in [0.2, 0.25) is 15.9 Å². The zero-order chi connectivity index (χ0) is 19.3. The molecule has 0 heterocycles. The van der Waals surface area contributed by atoms with E-state index in [0.717, 1.165) is 36.5 Å². The Labute approximate surface area is 161 Å². The molecule has 0 bridgehead atoms. The Morgan fingerprint density at radius 1 is 1.04 bits per heavy atom. The van der Waals surface area contributed by atoms with Crippen LogP contribution in [-0.2, 0) is 14.8 Å². The van der Waals surface area contributed by atoms with Crippen molar-refractivity contribution in [3.63, 3.8) is 0 Å². The van der Waals surface area contributed by atoms with E-state index in [0.29, 0.717) is 0 Å². The van der Waals surface area contributed by atoms with Crippen molar-refractivity contribution in [2.75, 3.05) is 13.1 Å². The Morgan fingerprint density at radius 2 is 1.70 bits per heavy atom. The predicted octanol–water partition coefficient (Wildman–Crippen LogP) is 3.69. The molecular formula is C21H28N2O3S. The zero-order valence-electron chi connectivity index (χ0n) is 15.9. The molecule has 0 atom stereocenters. The van der Waals surface area contributed by atoms with E-state index in [9.17, 15) is 13.2 Å². The summed E-state index contributed by atoms with van der Waals surface area (Å²) in [6.45, 7) is 1.88. The van der Waals surface area contributed by atoms with Gasteiger partial charge in [0.1, 0.15) is 0 Å². The maximum absolute atomic E-state index is 13.0. The third-order valence-electron chi connectivity index (χ3n) is 5.25. The summed E-state index contributed by atoms with van der Waals surface area (Å²) in [6.07, 6.45) is 6.63. The van der Waals surface area contributed by atoms with Crippen molar-refractivity contribution in [2.24, 2.45) is 0 Å². The molecule has 27 heavy (non-hydrogen) atoms. The Morgan fingerprint density at radius 3 is 2.37 bits per heavy atom. The van der Waals surface area contributed by atoms with Crippen LogP contribution in [0.3, 0.4) is 0 Å². The molecule has 1 aliphatic rings. The van der Waals surface area contributed by atoms with Gasteiger partial charge in [0.15, 0.2) is 0 Å². The number of nitrogens with one attached hydrogen (secondary N) is 1. The lowest BCUT2D eigenvalue weighted by Gasteiger charge is -2.22. The molecule has 146 valence electrons. The summed E-state index contributed by atoms with van der Waals surface area (Å²) in [5.74, 6) is -0.215. The summed E-state index contributed by atoms with van der Waals surface area (Å²) in [5.41, 5.74) is 0. The first-order valence-electron chi connectivity index (χ1n) is 9.79. The molecule has 1 aliphatic carbocycles. The van der Waals surface area contributed by atoms with E-state index in [1.807, 2.05) is 30.3 Å². The number of fused-ring (bicyclic) bond motifs is 1. The first-order valence-corrected chi connectivity index (χ1v) is 11.2. The van der Waals surface area contributed by atoms with Gasteiger partial charge in [-0.3, -0.25) is 4.79 Å². The Hall–Kier alpha value is -1.92. The van der Waals surface area contributed by atoms with Gasteiger partial charge in [-0.2, -0.15) is 4.31 Å². The lowest BCUT2D eigenvalue weighted by atomic mass is 10.1. The summed E-state index contributed by atoms with van der Waals surface area (Å²) in [4.78, 5) is 12.7. The number of nitrogens with zero attached hydrogens (tertiary/aromatic N) is 1. The first kappa shape index (κ1) is 19.8. The van der Waals surface area contributed by atoms with E-state index in [4.69, 9.17) is 0 Å². The SMILES string of the molecule is CCN(CC(=O)NC1CCCCCC1)S(=O)(=O)c1ccc2ccccc2c1. The maximum Gasteiger partial charge on any atom is 0.243 e. The topological polar surface area (TPSA) is 66.5 Å². The highest BCUT2D eigenvalue weighted by Crippen LogP contribution is 2.22. The molecule has 0 aromatic heterocycles. The number of likely N-dealkylation sites (N-methyl/N-ethyl adjacent to an activating group) is 1. The molecule has 3 rings (SSSR count). The molecule has 0 aliphatic heterocycles. The van der Waals surface area contributed by atoms with Crippen molar-refractivity contribution in [2.45, 2.75) is 56.4 Å². The van der Waals surface area contributed by atoms with Crippen LogP contribution in [0.2, 0.25) is 0 Å². The van der Waals surface area contributed by atoms with Crippen molar-refractivity contribution in [3.05, 3.63) is 42.5 Å². The van der Waals surface area contributed by atoms with Gasteiger partial charge in [-0.25, -0.2) is 8.42 Å². The van der Waals surface area contributed by atoms with Crippen molar-refractivity contribution in [3.8, 4) is 0 Å². The van der Waals surface area contributed by atoms with Gasteiger partial charge in [-0.1, -0.05) is 62.9 Å². The zero-order valence-corrected chi connectivity index (χ0v) is 16.7. The standard InChI is InChI=1S/C21H28N2O3S/c1-2-23(16-21(24)22-19-11-5-3-4-6-12-19)27(25,26)20-14-13-17-9-7-8-10-18(17)15-20/h7-10,13-15,19H,2-6,11-12,16H2,1H3,(H,22,24). The van der Waals surface area contributed by atoms with Gasteiger partial charge < -0.3 is 5.32 Å². The fraction of sp³-hybridized carbons (Fsp3) is 0.476. The van der Waals surface area contributed by atoms with Crippen LogP contribution >= 0.6 is 0 Å². The minimum Gasteiger partial charge on any atom is -0.352 e. The van der Waals surface area contributed by atoms with Gasteiger partial charge >= 0.3 is 0 Å². The van der Waals surface area contributed by atoms with Crippen LogP contribution in [0.5, 0.6) is 0 Å². The Kier molecular flexibility index (Phi) is 6.50. The summed E-state index contributed by atoms with van der Waals surface area (Å²) in [5, 5.41) is 4.90. The van der Waals surface area contributed by atoms with Crippen LogP contribution in [0.1, 0.15) is 45.4 Å². The van der Waals surface area contributed by atoms with Crippen LogP contribution in [0.15, 0.2) is 47.4 Å². The first-order chi connectivity index (χ1) is 13.0. The molecular weight excluding hydrogens is 360 g/mol. The molecule has 0 saturated heterocycles. The molecule has 1 saturated carbocycles. The number of carbonyl (C=O) groups excluding carboxylic acids is 1. The molecule has 6 heteroatoms. The number of hydrogen-bond acceptors (Lipinski definition) is 3. The fourth-order valence-corrected chi connectivity index (χ4v) is 5.14. The molecule has 2 aromatic carbocycles. The summed E-state index contributed by atoms with van der Waals surface area (Å²) in [7, 11) is -3.71. The molecule has 1 amide bonds. The highest BCUT2D eigenvalue weighted by molar-refractivity contribution is 7.89. The van der Waals surface area contributed by atoms with Crippen molar-refractivity contribution in [1.82, 2.24) is 9.62 Å². The van der Waals surface area contributed by atoms with Crippen LogP contribution in [-0.4, -0.2) is 37.8 Å². The number of benzene rings is 2. The van der Waals surface area contributed by atoms with Crippen LogP contribution in [0.4, 0.5) is 0 Å². The number of hydrogen-bond donors (Lipinski definition) is 1. The summed E-state index contributed by atoms with van der Waals surface area (Å²) in [6, 6.07) is 12.9. The molecule has 1 N–H and O–H groups in total. The maximum atomic E-state index is 13.0. The van der Waals surface area contributed by atoms with Crippen LogP contribution in [0, 0.1) is 0 Å². The molecule has 1 fully saturated rings. The van der Waals surface area contributed by atoms with Crippen molar-refractivity contribution < 1.29 is 13.2 Å². The number of rotatable bonds is 6. The monoisotopic (exact) mass is 388 g/mol. The number of carbonyl (C=O) groups is 1. The van der Waals surface area contributed by atoms with E-state index in [-0.39, 0.29) is 29.9 Å². The highest BCUT2D eigenvalue weighted by Gasteiger charge is 2.26. The van der Waals surface area contributed by atoms with Crippen LogP contribution < -0.4 is 5.32 Å². The molecule has 0 spiro atoms. The quantitative estimate of drug-likeness (QED) is 0.768. The normalized spacial score (nSPS) is 16.4. The van der Waals surface area contributed by atoms with E-state index >= 15 is 0 Å². The van der Waals surface area contributed by atoms with Gasteiger partial charge in [0, 0.05) is 12.6 Å². The lowest BCUT2D eigenvalue weighted by molar-refractivity contribution is -0.122. The van der Waals surface area contributed by atoms with E-state index in [1.165, 1.54) is 17.1 Å². The fourth-order valence-electron chi connectivity index (χ4n) is 3.70. The summed E-state index contributed by atoms with van der Waals surface area (Å²) < 4.78 is 27.3. The second kappa shape index (κ2) is 8.85. The lowest BCUT2D eigenvalue weighted by Crippen LogP contribution is -2.44. The predicted molar refractivity (Wildman–Crippen MR) is 108 cm³/mol. The van der Waals surface area contributed by atoms with Gasteiger partial charge in [0.25, 0.3) is 0 Å². The highest BCUT2D eigenvalue weighted by atomic mass is 32.2. The minimum atomic E-state index is -3.71.